The van der Waals surface area contributed by atoms with Crippen LogP contribution in [0.2, 0.25) is 0 Å². The summed E-state index contributed by atoms with van der Waals surface area (Å²) in [6.07, 6.45) is 1.84. The quantitative estimate of drug-likeness (QED) is 0.473. The molecule has 9 nitrogen and oxygen atoms in total. The highest BCUT2D eigenvalue weighted by Crippen LogP contribution is 2.27. The van der Waals surface area contributed by atoms with Crippen molar-refractivity contribution in [2.75, 3.05) is 31.1 Å². The number of carbonyl (C=O) groups excluding carboxylic acids is 5. The van der Waals surface area contributed by atoms with E-state index in [4.69, 9.17) is 0 Å². The van der Waals surface area contributed by atoms with E-state index in [1.54, 1.807) is 58.3 Å². The van der Waals surface area contributed by atoms with E-state index in [0.717, 1.165) is 0 Å². The molecule has 0 N–H and O–H groups in total. The van der Waals surface area contributed by atoms with Crippen molar-refractivity contribution in [2.24, 2.45) is 0 Å². The van der Waals surface area contributed by atoms with Crippen LogP contribution in [0.15, 0.2) is 54.6 Å². The molecule has 2 saturated heterocycles. The standard InChI is InChI=1S/C26H26N4O5/c31-22(11-6-14-28-24(33)20-9-4-5-10-21(20)25(28)34)27-15-12-18(13-16-27)29-17-23(32)30(26(29)35)19-7-2-1-3-8-19/h1-5,7-10,18H,6,11-17H2. The molecule has 180 valence electrons. The lowest BCUT2D eigenvalue weighted by molar-refractivity contribution is -0.133. The SMILES string of the molecule is O=C(CCCN1C(=O)c2ccccc2C1=O)N1CCC(N2CC(=O)N(c3ccccc3)C2=O)CC1. The summed E-state index contributed by atoms with van der Waals surface area (Å²) in [7, 11) is 0. The Hall–Kier alpha value is -4.01. The zero-order valence-corrected chi connectivity index (χ0v) is 19.3. The molecule has 0 aromatic heterocycles. The maximum atomic E-state index is 12.9. The summed E-state index contributed by atoms with van der Waals surface area (Å²) in [4.78, 5) is 68.9. The first-order valence-corrected chi connectivity index (χ1v) is 11.9. The Balaban J connectivity index is 1.10. The molecule has 3 aliphatic heterocycles. The maximum absolute atomic E-state index is 12.9. The fourth-order valence-corrected chi connectivity index (χ4v) is 5.05. The van der Waals surface area contributed by atoms with Crippen molar-refractivity contribution in [2.45, 2.75) is 31.7 Å². The van der Waals surface area contributed by atoms with Crippen molar-refractivity contribution in [3.05, 3.63) is 65.7 Å². The summed E-state index contributed by atoms with van der Waals surface area (Å²) >= 11 is 0. The van der Waals surface area contributed by atoms with Gasteiger partial charge in [0, 0.05) is 32.1 Å². The first-order chi connectivity index (χ1) is 17.0. The fraction of sp³-hybridized carbons (Fsp3) is 0.346. The second-order valence-corrected chi connectivity index (χ2v) is 9.00. The molecule has 0 aliphatic carbocycles. The van der Waals surface area contributed by atoms with Gasteiger partial charge in [0.2, 0.25) is 5.91 Å². The number of nitrogens with zero attached hydrogens (tertiary/aromatic N) is 4. The van der Waals surface area contributed by atoms with Gasteiger partial charge in [-0.15, -0.1) is 0 Å². The number of urea groups is 1. The normalized spacial score (nSPS) is 18.6. The third kappa shape index (κ3) is 4.18. The molecule has 2 aromatic carbocycles. The number of amides is 6. The molecule has 0 radical (unpaired) electrons. The van der Waals surface area contributed by atoms with Crippen LogP contribution in [0.1, 0.15) is 46.4 Å². The predicted molar refractivity (Wildman–Crippen MR) is 127 cm³/mol. The number of imide groups is 2. The minimum Gasteiger partial charge on any atom is -0.343 e. The van der Waals surface area contributed by atoms with E-state index < -0.39 is 0 Å². The number of fused-ring (bicyclic) bond motifs is 1. The topological polar surface area (TPSA) is 98.3 Å². The van der Waals surface area contributed by atoms with Gasteiger partial charge in [-0.05, 0) is 43.5 Å². The highest BCUT2D eigenvalue weighted by molar-refractivity contribution is 6.21. The van der Waals surface area contributed by atoms with Crippen molar-refractivity contribution < 1.29 is 24.0 Å². The van der Waals surface area contributed by atoms with E-state index in [2.05, 4.69) is 0 Å². The van der Waals surface area contributed by atoms with E-state index in [1.807, 2.05) is 6.07 Å². The van der Waals surface area contributed by atoms with Gasteiger partial charge in [0.05, 0.1) is 16.8 Å². The van der Waals surface area contributed by atoms with Gasteiger partial charge in [-0.2, -0.15) is 0 Å². The van der Waals surface area contributed by atoms with Crippen molar-refractivity contribution in [1.82, 2.24) is 14.7 Å². The molecular weight excluding hydrogens is 448 g/mol. The van der Waals surface area contributed by atoms with Crippen LogP contribution >= 0.6 is 0 Å². The van der Waals surface area contributed by atoms with E-state index >= 15 is 0 Å². The van der Waals surface area contributed by atoms with Gasteiger partial charge < -0.3 is 9.80 Å². The van der Waals surface area contributed by atoms with E-state index in [-0.39, 0.29) is 55.2 Å². The van der Waals surface area contributed by atoms with Crippen LogP contribution in [-0.2, 0) is 9.59 Å². The minimum atomic E-state index is -0.313. The molecule has 3 aliphatic rings. The average Bonchev–Trinajstić information content (AvgIpc) is 3.32. The van der Waals surface area contributed by atoms with Crippen LogP contribution in [0, 0.1) is 0 Å². The number of benzene rings is 2. The highest BCUT2D eigenvalue weighted by atomic mass is 16.2. The van der Waals surface area contributed by atoms with E-state index in [1.165, 1.54) is 9.80 Å². The molecular formula is C26H26N4O5. The van der Waals surface area contributed by atoms with Gasteiger partial charge in [-0.3, -0.25) is 24.1 Å². The molecule has 5 rings (SSSR count). The van der Waals surface area contributed by atoms with Crippen LogP contribution in [0.5, 0.6) is 0 Å². The van der Waals surface area contributed by atoms with Crippen LogP contribution in [-0.4, -0.2) is 76.6 Å². The zero-order chi connectivity index (χ0) is 24.5. The Labute approximate surface area is 202 Å². The molecule has 0 bridgehead atoms. The molecule has 35 heavy (non-hydrogen) atoms. The lowest BCUT2D eigenvalue weighted by atomic mass is 10.0. The van der Waals surface area contributed by atoms with Crippen molar-refractivity contribution in [3.8, 4) is 0 Å². The number of para-hydroxylation sites is 1. The van der Waals surface area contributed by atoms with Crippen LogP contribution < -0.4 is 4.90 Å². The number of hydrogen-bond donors (Lipinski definition) is 0. The number of rotatable bonds is 6. The van der Waals surface area contributed by atoms with E-state index in [9.17, 15) is 24.0 Å². The predicted octanol–water partition coefficient (Wildman–Crippen LogP) is 2.52. The lowest BCUT2D eigenvalue weighted by Gasteiger charge is -2.36. The van der Waals surface area contributed by atoms with Gasteiger partial charge in [-0.1, -0.05) is 30.3 Å². The summed E-state index contributed by atoms with van der Waals surface area (Å²) in [5.41, 5.74) is 1.38. The molecule has 2 aromatic rings. The average molecular weight is 475 g/mol. The van der Waals surface area contributed by atoms with Gasteiger partial charge in [0.15, 0.2) is 0 Å². The molecule has 9 heteroatoms. The Bertz CT molecular complexity index is 1150. The second kappa shape index (κ2) is 9.32. The first-order valence-electron chi connectivity index (χ1n) is 11.9. The molecule has 0 spiro atoms. The molecule has 6 amide bonds. The summed E-state index contributed by atoms with van der Waals surface area (Å²) in [5, 5.41) is 0. The van der Waals surface area contributed by atoms with Gasteiger partial charge in [-0.25, -0.2) is 9.69 Å². The number of hydrogen-bond acceptors (Lipinski definition) is 5. The molecule has 2 fully saturated rings. The first kappa shape index (κ1) is 22.8. The number of piperidine rings is 1. The lowest BCUT2D eigenvalue weighted by Crippen LogP contribution is -2.48. The van der Waals surface area contributed by atoms with E-state index in [0.29, 0.717) is 49.2 Å². The number of likely N-dealkylation sites (tertiary alicyclic amines) is 1. The Morgan fingerprint density at radius 2 is 1.43 bits per heavy atom. The van der Waals surface area contributed by atoms with Crippen LogP contribution in [0.25, 0.3) is 0 Å². The molecule has 3 heterocycles. The van der Waals surface area contributed by atoms with Crippen LogP contribution in [0.4, 0.5) is 10.5 Å². The second-order valence-electron chi connectivity index (χ2n) is 9.00. The third-order valence-corrected chi connectivity index (χ3v) is 6.91. The number of carbonyl (C=O) groups is 5. The maximum Gasteiger partial charge on any atom is 0.332 e. The highest BCUT2D eigenvalue weighted by Gasteiger charge is 2.42. The summed E-state index contributed by atoms with van der Waals surface area (Å²) in [5.74, 6) is -0.899. The molecule has 0 atom stereocenters. The van der Waals surface area contributed by atoms with Crippen LogP contribution in [0.3, 0.4) is 0 Å². The summed E-state index contributed by atoms with van der Waals surface area (Å²) < 4.78 is 0. The monoisotopic (exact) mass is 474 g/mol. The fourth-order valence-electron chi connectivity index (χ4n) is 5.05. The molecule has 0 saturated carbocycles. The Morgan fingerprint density at radius 1 is 0.829 bits per heavy atom. The number of anilines is 1. The smallest absolute Gasteiger partial charge is 0.332 e. The van der Waals surface area contributed by atoms with Crippen molar-refractivity contribution >= 4 is 35.3 Å². The van der Waals surface area contributed by atoms with Gasteiger partial charge >= 0.3 is 6.03 Å². The minimum absolute atomic E-state index is 0.0326. The largest absolute Gasteiger partial charge is 0.343 e. The summed E-state index contributed by atoms with van der Waals surface area (Å²) in [6, 6.07) is 15.2. The Morgan fingerprint density at radius 3 is 2.06 bits per heavy atom. The molecule has 0 unspecified atom stereocenters. The third-order valence-electron chi connectivity index (χ3n) is 6.91. The van der Waals surface area contributed by atoms with Crippen molar-refractivity contribution in [3.63, 3.8) is 0 Å². The Kier molecular flexibility index (Phi) is 6.07. The summed E-state index contributed by atoms with van der Waals surface area (Å²) in [6.45, 7) is 1.25. The van der Waals surface area contributed by atoms with Gasteiger partial charge in [0.25, 0.3) is 17.7 Å². The van der Waals surface area contributed by atoms with Gasteiger partial charge in [0.1, 0.15) is 6.54 Å². The zero-order valence-electron chi connectivity index (χ0n) is 19.3. The van der Waals surface area contributed by atoms with Crippen molar-refractivity contribution in [1.29, 1.82) is 0 Å².